The van der Waals surface area contributed by atoms with E-state index in [9.17, 15) is 4.79 Å². The molecule has 1 aromatic heterocycles. The number of anilines is 1. The van der Waals surface area contributed by atoms with Gasteiger partial charge in [0.15, 0.2) is 11.0 Å². The highest BCUT2D eigenvalue weighted by atomic mass is 79.9. The predicted octanol–water partition coefficient (Wildman–Crippen LogP) is 6.04. The number of benzene rings is 3. The van der Waals surface area contributed by atoms with Crippen molar-refractivity contribution in [1.29, 1.82) is 0 Å². The Bertz CT molecular complexity index is 1190. The van der Waals surface area contributed by atoms with E-state index in [1.165, 1.54) is 22.9 Å². The number of aromatic nitrogens is 3. The van der Waals surface area contributed by atoms with E-state index in [1.807, 2.05) is 53.1 Å². The summed E-state index contributed by atoms with van der Waals surface area (Å²) in [6.45, 7) is 4.11. The fraction of sp³-hybridized carbons (Fsp3) is 0.125. The normalized spacial score (nSPS) is 10.8. The van der Waals surface area contributed by atoms with Gasteiger partial charge in [0.2, 0.25) is 5.91 Å². The van der Waals surface area contributed by atoms with Crippen molar-refractivity contribution in [3.8, 4) is 17.1 Å². The van der Waals surface area contributed by atoms with Crippen LogP contribution < -0.4 is 5.32 Å². The number of rotatable bonds is 6. The molecule has 0 spiro atoms. The maximum Gasteiger partial charge on any atom is 0.234 e. The summed E-state index contributed by atoms with van der Waals surface area (Å²) in [5.74, 6) is 0.885. The summed E-state index contributed by atoms with van der Waals surface area (Å²) in [5, 5.41) is 12.4. The lowest BCUT2D eigenvalue weighted by atomic mass is 10.1. The van der Waals surface area contributed by atoms with Crippen molar-refractivity contribution in [2.45, 2.75) is 19.0 Å². The second-order valence-electron chi connectivity index (χ2n) is 7.19. The maximum absolute atomic E-state index is 12.5. The van der Waals surface area contributed by atoms with Crippen LogP contribution in [0.15, 0.2) is 82.4 Å². The zero-order valence-corrected chi connectivity index (χ0v) is 19.6. The minimum atomic E-state index is -0.0948. The molecule has 0 bridgehead atoms. The Kier molecular flexibility index (Phi) is 6.53. The van der Waals surface area contributed by atoms with Crippen LogP contribution in [0.5, 0.6) is 0 Å². The maximum atomic E-state index is 12.5. The molecule has 4 aromatic rings. The largest absolute Gasteiger partial charge is 0.325 e. The van der Waals surface area contributed by atoms with Crippen LogP contribution in [-0.4, -0.2) is 26.4 Å². The summed E-state index contributed by atoms with van der Waals surface area (Å²) in [6.07, 6.45) is 0. The van der Waals surface area contributed by atoms with Crippen molar-refractivity contribution in [2.24, 2.45) is 0 Å². The van der Waals surface area contributed by atoms with Gasteiger partial charge in [-0.1, -0.05) is 75.2 Å². The summed E-state index contributed by atoms with van der Waals surface area (Å²) in [6, 6.07) is 23.9. The van der Waals surface area contributed by atoms with Gasteiger partial charge in [-0.2, -0.15) is 0 Å². The average Bonchev–Trinajstić information content (AvgIpc) is 3.19. The third kappa shape index (κ3) is 5.24. The van der Waals surface area contributed by atoms with Crippen LogP contribution >= 0.6 is 27.7 Å². The number of nitrogens with one attached hydrogen (secondary N) is 1. The van der Waals surface area contributed by atoms with Crippen molar-refractivity contribution in [3.63, 3.8) is 0 Å². The second-order valence-corrected chi connectivity index (χ2v) is 9.05. The van der Waals surface area contributed by atoms with Crippen molar-refractivity contribution in [3.05, 3.63) is 88.4 Å². The van der Waals surface area contributed by atoms with Crippen LogP contribution in [0.2, 0.25) is 0 Å². The molecule has 0 fully saturated rings. The fourth-order valence-electron chi connectivity index (χ4n) is 3.04. The van der Waals surface area contributed by atoms with Crippen LogP contribution in [0.25, 0.3) is 17.1 Å². The smallest absolute Gasteiger partial charge is 0.234 e. The van der Waals surface area contributed by atoms with Crippen LogP contribution in [-0.2, 0) is 4.79 Å². The zero-order chi connectivity index (χ0) is 21.8. The fourth-order valence-corrected chi connectivity index (χ4v) is 4.06. The Hall–Kier alpha value is -2.90. The summed E-state index contributed by atoms with van der Waals surface area (Å²) in [4.78, 5) is 12.5. The van der Waals surface area contributed by atoms with Crippen LogP contribution in [0, 0.1) is 13.8 Å². The molecule has 5 nitrogen and oxygen atoms in total. The monoisotopic (exact) mass is 492 g/mol. The summed E-state index contributed by atoms with van der Waals surface area (Å²) in [7, 11) is 0. The molecule has 0 atom stereocenters. The number of nitrogens with zero attached hydrogens (tertiary/aromatic N) is 3. The van der Waals surface area contributed by atoms with Crippen molar-refractivity contribution >= 4 is 39.3 Å². The zero-order valence-electron chi connectivity index (χ0n) is 17.2. The molecule has 156 valence electrons. The molecular formula is C24H21BrN4OS. The Morgan fingerprint density at radius 2 is 1.52 bits per heavy atom. The van der Waals surface area contributed by atoms with Crippen molar-refractivity contribution < 1.29 is 4.79 Å². The van der Waals surface area contributed by atoms with Gasteiger partial charge in [0, 0.05) is 21.4 Å². The van der Waals surface area contributed by atoms with E-state index in [4.69, 9.17) is 0 Å². The van der Waals surface area contributed by atoms with Gasteiger partial charge in [0.25, 0.3) is 0 Å². The van der Waals surface area contributed by atoms with Gasteiger partial charge < -0.3 is 5.32 Å². The van der Waals surface area contributed by atoms with E-state index >= 15 is 0 Å². The van der Waals surface area contributed by atoms with Crippen LogP contribution in [0.3, 0.4) is 0 Å². The number of amides is 1. The van der Waals surface area contributed by atoms with Gasteiger partial charge in [-0.25, -0.2) is 0 Å². The van der Waals surface area contributed by atoms with Gasteiger partial charge in [-0.3, -0.25) is 9.36 Å². The van der Waals surface area contributed by atoms with E-state index in [-0.39, 0.29) is 11.7 Å². The first-order valence-corrected chi connectivity index (χ1v) is 11.6. The second kappa shape index (κ2) is 9.49. The Morgan fingerprint density at radius 1 is 0.903 bits per heavy atom. The lowest BCUT2D eigenvalue weighted by molar-refractivity contribution is -0.113. The van der Waals surface area contributed by atoms with E-state index < -0.39 is 0 Å². The van der Waals surface area contributed by atoms with E-state index in [0.717, 1.165) is 27.2 Å². The first kappa shape index (κ1) is 21.3. The SMILES string of the molecule is Cc1ccc(-c2nnc(SCC(=O)Nc3ccc(Br)cc3)n2-c2ccc(C)cc2)cc1. The van der Waals surface area contributed by atoms with Gasteiger partial charge in [0.1, 0.15) is 0 Å². The van der Waals surface area contributed by atoms with E-state index in [2.05, 4.69) is 69.6 Å². The highest BCUT2D eigenvalue weighted by molar-refractivity contribution is 9.10. The molecule has 0 saturated carbocycles. The van der Waals surface area contributed by atoms with Gasteiger partial charge in [-0.05, 0) is 50.2 Å². The lowest BCUT2D eigenvalue weighted by Crippen LogP contribution is -2.14. The van der Waals surface area contributed by atoms with E-state index in [0.29, 0.717) is 5.16 Å². The molecule has 1 N–H and O–H groups in total. The van der Waals surface area contributed by atoms with Crippen LogP contribution in [0.1, 0.15) is 11.1 Å². The highest BCUT2D eigenvalue weighted by Gasteiger charge is 2.17. The van der Waals surface area contributed by atoms with E-state index in [1.54, 1.807) is 0 Å². The van der Waals surface area contributed by atoms with Crippen LogP contribution in [0.4, 0.5) is 5.69 Å². The minimum absolute atomic E-state index is 0.0948. The van der Waals surface area contributed by atoms with Gasteiger partial charge >= 0.3 is 0 Å². The first-order chi connectivity index (χ1) is 15.0. The molecule has 7 heteroatoms. The first-order valence-electron chi connectivity index (χ1n) is 9.77. The third-order valence-corrected chi connectivity index (χ3v) is 6.15. The topological polar surface area (TPSA) is 59.8 Å². The number of aryl methyl sites for hydroxylation is 2. The Morgan fingerprint density at radius 3 is 2.16 bits per heavy atom. The summed E-state index contributed by atoms with van der Waals surface area (Å²) in [5.41, 5.74) is 5.06. The number of hydrogen-bond acceptors (Lipinski definition) is 4. The molecule has 0 aliphatic carbocycles. The third-order valence-electron chi connectivity index (χ3n) is 4.70. The molecule has 1 heterocycles. The summed E-state index contributed by atoms with van der Waals surface area (Å²) < 4.78 is 2.97. The standard InChI is InChI=1S/C24H21BrN4OS/c1-16-3-7-18(8-4-16)23-27-28-24(29(23)21-13-5-17(2)6-14-21)31-15-22(30)26-20-11-9-19(25)10-12-20/h3-14H,15H2,1-2H3,(H,26,30). The Labute approximate surface area is 194 Å². The molecule has 31 heavy (non-hydrogen) atoms. The quantitative estimate of drug-likeness (QED) is 0.333. The lowest BCUT2D eigenvalue weighted by Gasteiger charge is -2.11. The van der Waals surface area contributed by atoms with Crippen molar-refractivity contribution in [2.75, 3.05) is 11.1 Å². The molecule has 1 amide bonds. The molecular weight excluding hydrogens is 472 g/mol. The number of carbonyl (C=O) groups excluding carboxylic acids is 1. The molecule has 0 aliphatic heterocycles. The molecule has 0 aliphatic rings. The van der Waals surface area contributed by atoms with Gasteiger partial charge in [-0.15, -0.1) is 10.2 Å². The predicted molar refractivity (Wildman–Crippen MR) is 130 cm³/mol. The van der Waals surface area contributed by atoms with Gasteiger partial charge in [0.05, 0.1) is 5.75 Å². The molecule has 4 rings (SSSR count). The minimum Gasteiger partial charge on any atom is -0.325 e. The average molecular weight is 493 g/mol. The number of carbonyl (C=O) groups is 1. The number of thioether (sulfide) groups is 1. The van der Waals surface area contributed by atoms with Crippen molar-refractivity contribution in [1.82, 2.24) is 14.8 Å². The molecule has 0 radical (unpaired) electrons. The highest BCUT2D eigenvalue weighted by Crippen LogP contribution is 2.28. The molecule has 3 aromatic carbocycles. The molecule has 0 saturated heterocycles. The molecule has 0 unspecified atom stereocenters. The Balaban J connectivity index is 1.59. The summed E-state index contributed by atoms with van der Waals surface area (Å²) >= 11 is 4.76. The number of hydrogen-bond donors (Lipinski definition) is 1. The number of halogens is 1.